The molecule has 0 aliphatic rings. The predicted molar refractivity (Wildman–Crippen MR) is 19.0 cm³/mol. The van der Waals surface area contributed by atoms with E-state index in [9.17, 15) is 0 Å². The van der Waals surface area contributed by atoms with E-state index in [0.717, 1.165) is 0 Å². The topological polar surface area (TPSA) is 3.24 Å². The summed E-state index contributed by atoms with van der Waals surface area (Å²) in [5.74, 6) is 0. The molecular formula is C3H8NRe-. The Hall–Kier alpha value is 0.622. The molecule has 0 aromatic rings. The number of rotatable bonds is 0. The van der Waals surface area contributed by atoms with Crippen LogP contribution in [0.3, 0.4) is 0 Å². The normalized spacial score (nSPS) is 7.20. The van der Waals surface area contributed by atoms with Gasteiger partial charge in [-0.2, -0.15) is 0 Å². The summed E-state index contributed by atoms with van der Waals surface area (Å²) in [5.41, 5.74) is 0. The van der Waals surface area contributed by atoms with Crippen molar-refractivity contribution in [1.29, 1.82) is 0 Å². The van der Waals surface area contributed by atoms with Crippen LogP contribution in [0.25, 0.3) is 0 Å². The molecule has 0 aliphatic heterocycles. The van der Waals surface area contributed by atoms with Gasteiger partial charge in [-0.15, -0.1) is 0 Å². The second-order valence-corrected chi connectivity index (χ2v) is 1.08. The molecular weight excluding hydrogens is 236 g/mol. The first kappa shape index (κ1) is 9.16. The van der Waals surface area contributed by atoms with Gasteiger partial charge in [-0.1, -0.05) is 0 Å². The van der Waals surface area contributed by atoms with Crippen LogP contribution in [0.1, 0.15) is 0 Å². The minimum Gasteiger partial charge on any atom is -0.464 e. The van der Waals surface area contributed by atoms with E-state index in [0.29, 0.717) is 0 Å². The van der Waals surface area contributed by atoms with Crippen molar-refractivity contribution < 1.29 is 20.4 Å². The molecule has 0 N–H and O–H groups in total. The van der Waals surface area contributed by atoms with Crippen LogP contribution in [0.5, 0.6) is 0 Å². The van der Waals surface area contributed by atoms with Crippen molar-refractivity contribution in [3.63, 3.8) is 0 Å². The van der Waals surface area contributed by atoms with Crippen LogP contribution in [-0.2, 0) is 20.4 Å². The standard InChI is InChI=1S/C3H8N.Re/c1-4(2)3;/h1H2,2-3H3;/q-1;. The minimum atomic E-state index is 0. The van der Waals surface area contributed by atoms with Gasteiger partial charge in [0.15, 0.2) is 0 Å². The van der Waals surface area contributed by atoms with Gasteiger partial charge in [0.25, 0.3) is 0 Å². The summed E-state index contributed by atoms with van der Waals surface area (Å²) in [7, 11) is 7.25. The molecule has 0 atom stereocenters. The third-order valence-corrected chi connectivity index (χ3v) is 0. The van der Waals surface area contributed by atoms with Crippen molar-refractivity contribution in [3.05, 3.63) is 7.05 Å². The van der Waals surface area contributed by atoms with Crippen LogP contribution in [0.15, 0.2) is 0 Å². The van der Waals surface area contributed by atoms with Gasteiger partial charge >= 0.3 is 0 Å². The maximum atomic E-state index is 3.47. The van der Waals surface area contributed by atoms with E-state index in [1.165, 1.54) is 0 Å². The van der Waals surface area contributed by atoms with Gasteiger partial charge in [0.05, 0.1) is 0 Å². The molecule has 33 valence electrons. The Balaban J connectivity index is 0. The van der Waals surface area contributed by atoms with Crippen molar-refractivity contribution in [1.82, 2.24) is 4.90 Å². The Bertz CT molecular complexity index is 11.6. The van der Waals surface area contributed by atoms with E-state index in [1.807, 2.05) is 14.1 Å². The Labute approximate surface area is 47.0 Å². The fourth-order valence-electron chi connectivity index (χ4n) is 0. The molecule has 0 aromatic heterocycles. The second kappa shape index (κ2) is 4.62. The molecule has 1 radical (unpaired) electrons. The first-order valence-corrected chi connectivity index (χ1v) is 1.21. The SMILES string of the molecule is [CH2-]N(C)C.[Re]. The van der Waals surface area contributed by atoms with Gasteiger partial charge in [0.2, 0.25) is 0 Å². The fraction of sp³-hybridized carbons (Fsp3) is 0.667. The van der Waals surface area contributed by atoms with E-state index >= 15 is 0 Å². The Morgan fingerprint density at radius 1 is 1.40 bits per heavy atom. The van der Waals surface area contributed by atoms with Crippen molar-refractivity contribution in [2.45, 2.75) is 0 Å². The molecule has 1 nitrogen and oxygen atoms in total. The average molecular weight is 244 g/mol. The summed E-state index contributed by atoms with van der Waals surface area (Å²) in [6.07, 6.45) is 0. The number of hydrogen-bond acceptors (Lipinski definition) is 1. The van der Waals surface area contributed by atoms with E-state index < -0.39 is 0 Å². The van der Waals surface area contributed by atoms with Crippen LogP contribution in [0.4, 0.5) is 0 Å². The largest absolute Gasteiger partial charge is 0.464 e. The first-order chi connectivity index (χ1) is 1.73. The van der Waals surface area contributed by atoms with Crippen LogP contribution in [0.2, 0.25) is 0 Å². The summed E-state index contributed by atoms with van der Waals surface area (Å²) in [6, 6.07) is 0. The van der Waals surface area contributed by atoms with Crippen molar-refractivity contribution in [2.75, 3.05) is 14.1 Å². The van der Waals surface area contributed by atoms with Gasteiger partial charge in [-0.3, -0.25) is 7.05 Å². The summed E-state index contributed by atoms with van der Waals surface area (Å²) in [6.45, 7) is 0. The number of hydrogen-bond donors (Lipinski definition) is 0. The molecule has 2 heteroatoms. The molecule has 0 fully saturated rings. The van der Waals surface area contributed by atoms with E-state index in [2.05, 4.69) is 7.05 Å². The average Bonchev–Trinajstić information content (AvgIpc) is 0.811. The smallest absolute Gasteiger partial charge is 0 e. The van der Waals surface area contributed by atoms with Gasteiger partial charge in [-0.05, 0) is 14.1 Å². The van der Waals surface area contributed by atoms with Crippen LogP contribution in [0, 0.1) is 7.05 Å². The van der Waals surface area contributed by atoms with E-state index in [-0.39, 0.29) is 20.4 Å². The third-order valence-electron chi connectivity index (χ3n) is 0. The summed E-state index contributed by atoms with van der Waals surface area (Å²) in [4.78, 5) is 1.75. The molecule has 0 rings (SSSR count). The van der Waals surface area contributed by atoms with Crippen LogP contribution >= 0.6 is 0 Å². The maximum Gasteiger partial charge on any atom is 0 e. The van der Waals surface area contributed by atoms with E-state index in [1.54, 1.807) is 4.90 Å². The van der Waals surface area contributed by atoms with Crippen molar-refractivity contribution in [2.24, 2.45) is 0 Å². The molecule has 0 aromatic carbocycles. The van der Waals surface area contributed by atoms with Gasteiger partial charge < -0.3 is 4.90 Å². The molecule has 0 bridgehead atoms. The molecule has 0 unspecified atom stereocenters. The van der Waals surface area contributed by atoms with E-state index in [4.69, 9.17) is 0 Å². The Kier molecular flexibility index (Phi) is 8.46. The minimum absolute atomic E-state index is 0. The molecule has 0 heterocycles. The van der Waals surface area contributed by atoms with Gasteiger partial charge in [0.1, 0.15) is 0 Å². The molecule has 0 amide bonds. The first-order valence-electron chi connectivity index (χ1n) is 1.21. The summed E-state index contributed by atoms with van der Waals surface area (Å²) >= 11 is 0. The second-order valence-electron chi connectivity index (χ2n) is 1.08. The van der Waals surface area contributed by atoms with Gasteiger partial charge in [0, 0.05) is 20.4 Å². The molecule has 0 saturated heterocycles. The zero-order chi connectivity index (χ0) is 3.58. The molecule has 0 aliphatic carbocycles. The molecule has 5 heavy (non-hydrogen) atoms. The van der Waals surface area contributed by atoms with Crippen molar-refractivity contribution >= 4 is 0 Å². The van der Waals surface area contributed by atoms with Crippen LogP contribution < -0.4 is 0 Å². The third kappa shape index (κ3) is 82.1. The zero-order valence-corrected chi connectivity index (χ0v) is 6.25. The zero-order valence-electron chi connectivity index (χ0n) is 3.53. The monoisotopic (exact) mass is 245 g/mol. The number of nitrogens with zero attached hydrogens (tertiary/aromatic N) is 1. The fourth-order valence-corrected chi connectivity index (χ4v) is 0. The molecule has 0 spiro atoms. The quantitative estimate of drug-likeness (QED) is 0.555. The maximum absolute atomic E-state index is 3.47. The summed E-state index contributed by atoms with van der Waals surface area (Å²) in [5, 5.41) is 0. The Morgan fingerprint density at radius 3 is 1.40 bits per heavy atom. The van der Waals surface area contributed by atoms with Crippen molar-refractivity contribution in [3.8, 4) is 0 Å². The summed E-state index contributed by atoms with van der Waals surface area (Å²) < 4.78 is 0. The van der Waals surface area contributed by atoms with Gasteiger partial charge in [-0.25, -0.2) is 0 Å². The molecule has 0 saturated carbocycles. The van der Waals surface area contributed by atoms with Crippen LogP contribution in [-0.4, -0.2) is 19.0 Å². The Morgan fingerprint density at radius 2 is 1.40 bits per heavy atom. The predicted octanol–water partition coefficient (Wildman–Crippen LogP) is 0.337.